The molecule has 0 spiro atoms. The molecule has 0 aromatic heterocycles. The van der Waals surface area contributed by atoms with Gasteiger partial charge in [-0.15, -0.1) is 0 Å². The van der Waals surface area contributed by atoms with Gasteiger partial charge in [0.25, 0.3) is 0 Å². The molecule has 23 heavy (non-hydrogen) atoms. The fourth-order valence-electron chi connectivity index (χ4n) is 1.93. The van der Waals surface area contributed by atoms with Crippen molar-refractivity contribution in [2.24, 2.45) is 0 Å². The van der Waals surface area contributed by atoms with E-state index >= 15 is 0 Å². The molecule has 0 unspecified atom stereocenters. The molecule has 124 valence electrons. The third-order valence-corrected chi connectivity index (χ3v) is 7.06. The van der Waals surface area contributed by atoms with E-state index in [9.17, 15) is 0 Å². The monoisotopic (exact) mass is 444 g/mol. The van der Waals surface area contributed by atoms with Crippen LogP contribution in [-0.4, -0.2) is 69.1 Å². The van der Waals surface area contributed by atoms with Crippen LogP contribution >= 0.6 is 0 Å². The zero-order chi connectivity index (χ0) is 16.7. The SMILES string of the molecule is CN(C)c1ccc([Se]COC[Se]c2ccc(N(C)C)cc2)cc1. The van der Waals surface area contributed by atoms with Crippen LogP contribution in [0.5, 0.6) is 0 Å². The van der Waals surface area contributed by atoms with Gasteiger partial charge >= 0.3 is 152 Å². The summed E-state index contributed by atoms with van der Waals surface area (Å²) in [5.41, 5.74) is 4.20. The van der Waals surface area contributed by atoms with Gasteiger partial charge in [-0.3, -0.25) is 0 Å². The van der Waals surface area contributed by atoms with Gasteiger partial charge in [0.2, 0.25) is 0 Å². The van der Waals surface area contributed by atoms with Gasteiger partial charge in [0.1, 0.15) is 0 Å². The fraction of sp³-hybridized carbons (Fsp3) is 0.333. The molecule has 0 aliphatic carbocycles. The van der Waals surface area contributed by atoms with Crippen LogP contribution in [-0.2, 0) is 4.74 Å². The molecule has 0 heterocycles. The van der Waals surface area contributed by atoms with E-state index in [-0.39, 0.29) is 0 Å². The number of rotatable bonds is 8. The maximum absolute atomic E-state index is 5.83. The minimum atomic E-state index is 0.399. The van der Waals surface area contributed by atoms with E-state index in [0.29, 0.717) is 29.9 Å². The molecule has 5 heteroatoms. The summed E-state index contributed by atoms with van der Waals surface area (Å²) >= 11 is 0.797. The number of anilines is 2. The fourth-order valence-corrected chi connectivity index (χ4v) is 5.12. The van der Waals surface area contributed by atoms with Crippen molar-refractivity contribution in [2.75, 3.05) is 49.0 Å². The minimum absolute atomic E-state index is 0.399. The molecular weight excluding hydrogens is 418 g/mol. The summed E-state index contributed by atoms with van der Waals surface area (Å²) in [6.45, 7) is 0. The van der Waals surface area contributed by atoms with Crippen molar-refractivity contribution in [3.8, 4) is 0 Å². The van der Waals surface area contributed by atoms with Gasteiger partial charge in [-0.25, -0.2) is 0 Å². The quantitative estimate of drug-likeness (QED) is 0.450. The van der Waals surface area contributed by atoms with E-state index < -0.39 is 0 Å². The van der Waals surface area contributed by atoms with Crippen LogP contribution in [0.15, 0.2) is 48.5 Å². The Hall–Kier alpha value is -0.961. The predicted molar refractivity (Wildman–Crippen MR) is 103 cm³/mol. The third kappa shape index (κ3) is 6.21. The van der Waals surface area contributed by atoms with Gasteiger partial charge < -0.3 is 0 Å². The topological polar surface area (TPSA) is 15.7 Å². The van der Waals surface area contributed by atoms with E-state index in [4.69, 9.17) is 4.74 Å². The van der Waals surface area contributed by atoms with Crippen molar-refractivity contribution in [1.29, 1.82) is 0 Å². The van der Waals surface area contributed by atoms with Crippen LogP contribution in [0.25, 0.3) is 0 Å². The Balaban J connectivity index is 1.67. The Labute approximate surface area is 152 Å². The molecule has 0 bridgehead atoms. The molecule has 0 saturated carbocycles. The second kappa shape index (κ2) is 9.36. The zero-order valence-corrected chi connectivity index (χ0v) is 17.6. The molecule has 3 nitrogen and oxygen atoms in total. The molecule has 2 rings (SSSR count). The summed E-state index contributed by atoms with van der Waals surface area (Å²) in [5, 5.41) is 0. The van der Waals surface area contributed by atoms with Crippen molar-refractivity contribution < 1.29 is 4.74 Å². The first-order valence-corrected chi connectivity index (χ1v) is 11.6. The van der Waals surface area contributed by atoms with Gasteiger partial charge in [-0.05, 0) is 0 Å². The van der Waals surface area contributed by atoms with Crippen molar-refractivity contribution >= 4 is 50.2 Å². The van der Waals surface area contributed by atoms with Gasteiger partial charge in [0, 0.05) is 0 Å². The zero-order valence-electron chi connectivity index (χ0n) is 14.2. The summed E-state index contributed by atoms with van der Waals surface area (Å²) in [6, 6.07) is 17.5. The van der Waals surface area contributed by atoms with Gasteiger partial charge in [-0.1, -0.05) is 0 Å². The third-order valence-electron chi connectivity index (χ3n) is 3.32. The summed E-state index contributed by atoms with van der Waals surface area (Å²) in [4.78, 5) is 4.24. The molecule has 0 aliphatic rings. The first-order valence-electron chi connectivity index (χ1n) is 7.44. The van der Waals surface area contributed by atoms with E-state index in [1.807, 2.05) is 0 Å². The average Bonchev–Trinajstić information content (AvgIpc) is 2.55. The van der Waals surface area contributed by atoms with Gasteiger partial charge in [-0.2, -0.15) is 0 Å². The molecule has 0 aliphatic heterocycles. The molecule has 0 N–H and O–H groups in total. The van der Waals surface area contributed by atoms with Gasteiger partial charge in [0.15, 0.2) is 0 Å². The van der Waals surface area contributed by atoms with Gasteiger partial charge in [0.05, 0.1) is 0 Å². The van der Waals surface area contributed by atoms with Crippen LogP contribution in [0.3, 0.4) is 0 Å². The van der Waals surface area contributed by atoms with Crippen molar-refractivity contribution in [1.82, 2.24) is 0 Å². The van der Waals surface area contributed by atoms with E-state index in [0.717, 1.165) is 11.0 Å². The van der Waals surface area contributed by atoms with Crippen LogP contribution in [0.1, 0.15) is 0 Å². The van der Waals surface area contributed by atoms with Crippen LogP contribution < -0.4 is 18.7 Å². The molecule has 0 atom stereocenters. The Morgan fingerprint density at radius 1 is 0.652 bits per heavy atom. The van der Waals surface area contributed by atoms with E-state index in [2.05, 4.69) is 86.5 Å². The Morgan fingerprint density at radius 3 is 1.30 bits per heavy atom. The maximum atomic E-state index is 5.83. The second-order valence-corrected chi connectivity index (χ2v) is 9.68. The Bertz CT molecular complexity index is 529. The number of nitrogens with zero attached hydrogens (tertiary/aromatic N) is 2. The predicted octanol–water partition coefficient (Wildman–Crippen LogP) is 1.11. The molecule has 2 aromatic rings. The van der Waals surface area contributed by atoms with Crippen LogP contribution in [0, 0.1) is 0 Å². The molecular formula is C18H24N2OSe2. The molecule has 0 amide bonds. The van der Waals surface area contributed by atoms with E-state index in [1.165, 1.54) is 20.3 Å². The normalized spacial score (nSPS) is 10.6. The number of hydrogen-bond donors (Lipinski definition) is 0. The molecule has 0 radical (unpaired) electrons. The van der Waals surface area contributed by atoms with E-state index in [1.54, 1.807) is 0 Å². The van der Waals surface area contributed by atoms with Crippen LogP contribution in [0.4, 0.5) is 11.4 Å². The van der Waals surface area contributed by atoms with Crippen molar-refractivity contribution in [3.05, 3.63) is 48.5 Å². The number of hydrogen-bond acceptors (Lipinski definition) is 3. The number of ether oxygens (including phenoxy) is 1. The molecule has 2 aromatic carbocycles. The Kier molecular flexibility index (Phi) is 7.48. The Morgan fingerprint density at radius 2 is 1.00 bits per heavy atom. The standard InChI is InChI=1S/C18H24N2OSe2/c1-19(2)15-5-9-17(10-6-15)22-13-21-14-23-18-11-7-16(8-12-18)20(3)4/h5-12H,13-14H2,1-4H3. The summed E-state index contributed by atoms with van der Waals surface area (Å²) in [5.74, 6) is 0. The molecule has 0 saturated heterocycles. The average molecular weight is 442 g/mol. The molecule has 0 fully saturated rings. The number of benzene rings is 2. The van der Waals surface area contributed by atoms with Crippen molar-refractivity contribution in [3.63, 3.8) is 0 Å². The first kappa shape index (κ1) is 18.4. The van der Waals surface area contributed by atoms with Crippen LogP contribution in [0.2, 0.25) is 0 Å². The van der Waals surface area contributed by atoms with Crippen molar-refractivity contribution in [2.45, 2.75) is 0 Å². The second-order valence-electron chi connectivity index (χ2n) is 5.51. The summed E-state index contributed by atoms with van der Waals surface area (Å²) < 4.78 is 8.62. The summed E-state index contributed by atoms with van der Waals surface area (Å²) in [6.07, 6.45) is 0. The first-order chi connectivity index (χ1) is 11.1. The summed E-state index contributed by atoms with van der Waals surface area (Å²) in [7, 11) is 8.26.